The molecule has 0 amide bonds. The maximum atomic E-state index is 13.1. The molecule has 2 aromatic rings. The Kier molecular flexibility index (Phi) is 3.73. The van der Waals surface area contributed by atoms with E-state index in [-0.39, 0.29) is 17.1 Å². The van der Waals surface area contributed by atoms with Crippen LogP contribution in [0.3, 0.4) is 0 Å². The lowest BCUT2D eigenvalue weighted by atomic mass is 9.68. The number of carbonyl (C=O) groups is 1. The molecule has 4 rings (SSSR count). The molecule has 1 aliphatic carbocycles. The van der Waals surface area contributed by atoms with Gasteiger partial charge in [-0.25, -0.2) is 0 Å². The second kappa shape index (κ2) is 5.85. The lowest BCUT2D eigenvalue weighted by Gasteiger charge is -2.39. The summed E-state index contributed by atoms with van der Waals surface area (Å²) in [5.74, 6) is -0.132. The summed E-state index contributed by atoms with van der Waals surface area (Å²) >= 11 is 0. The second-order valence-corrected chi connectivity index (χ2v) is 8.11. The number of nitrogens with zero attached hydrogens (tertiary/aromatic N) is 1. The number of hydrogen-bond donors (Lipinski definition) is 1. The highest BCUT2D eigenvalue weighted by Crippen LogP contribution is 2.47. The van der Waals surface area contributed by atoms with Crippen molar-refractivity contribution in [2.45, 2.75) is 39.5 Å². The van der Waals surface area contributed by atoms with Crippen LogP contribution in [0.15, 0.2) is 65.0 Å². The van der Waals surface area contributed by atoms with Gasteiger partial charge in [0.2, 0.25) is 0 Å². The summed E-state index contributed by atoms with van der Waals surface area (Å²) in [5, 5.41) is 15.5. The summed E-state index contributed by atoms with van der Waals surface area (Å²) in [6, 6.07) is 16.7. The third kappa shape index (κ3) is 2.54. The zero-order valence-corrected chi connectivity index (χ0v) is 15.4. The number of dihydropyridines is 1. The number of ketones is 1. The lowest BCUT2D eigenvalue weighted by Crippen LogP contribution is -2.36. The molecule has 3 heteroatoms. The van der Waals surface area contributed by atoms with E-state index in [1.807, 2.05) is 25.1 Å². The number of fused-ring (bicyclic) bond motifs is 1. The number of hydrogen-bond acceptors (Lipinski definition) is 3. The molecule has 1 N–H and O–H groups in total. The van der Waals surface area contributed by atoms with Gasteiger partial charge in [-0.05, 0) is 35.1 Å². The molecule has 0 saturated heterocycles. The molecular formula is C23H22N2O. The maximum absolute atomic E-state index is 13.1. The molecule has 0 bridgehead atoms. The fourth-order valence-electron chi connectivity index (χ4n) is 4.40. The first-order valence-corrected chi connectivity index (χ1v) is 9.03. The first-order chi connectivity index (χ1) is 12.4. The monoisotopic (exact) mass is 342 g/mol. The number of benzene rings is 2. The first kappa shape index (κ1) is 16.6. The summed E-state index contributed by atoms with van der Waals surface area (Å²) < 4.78 is 0. The molecule has 0 saturated carbocycles. The molecule has 2 aromatic carbocycles. The summed E-state index contributed by atoms with van der Waals surface area (Å²) in [4.78, 5) is 13.1. The Hall–Kier alpha value is -2.86. The van der Waals surface area contributed by atoms with Gasteiger partial charge in [-0.15, -0.1) is 0 Å². The van der Waals surface area contributed by atoms with Crippen LogP contribution in [0.1, 0.15) is 45.1 Å². The average molecular weight is 342 g/mol. The van der Waals surface area contributed by atoms with Crippen LogP contribution in [0.25, 0.3) is 10.8 Å². The van der Waals surface area contributed by atoms with Crippen LogP contribution in [-0.4, -0.2) is 5.78 Å². The molecule has 26 heavy (non-hydrogen) atoms. The Morgan fingerprint density at radius 2 is 1.85 bits per heavy atom. The van der Waals surface area contributed by atoms with E-state index in [2.05, 4.69) is 49.5 Å². The van der Waals surface area contributed by atoms with Crippen molar-refractivity contribution < 1.29 is 4.79 Å². The summed E-state index contributed by atoms with van der Waals surface area (Å²) in [6.07, 6.45) is 1.35. The Bertz CT molecular complexity index is 1030. The molecule has 0 fully saturated rings. The zero-order valence-electron chi connectivity index (χ0n) is 15.4. The maximum Gasteiger partial charge on any atom is 0.162 e. The predicted octanol–water partition coefficient (Wildman–Crippen LogP) is 4.97. The third-order valence-corrected chi connectivity index (χ3v) is 5.49. The van der Waals surface area contributed by atoms with E-state index >= 15 is 0 Å². The molecule has 0 spiro atoms. The van der Waals surface area contributed by atoms with E-state index in [1.54, 1.807) is 0 Å². The van der Waals surface area contributed by atoms with Crippen LogP contribution in [0.4, 0.5) is 0 Å². The van der Waals surface area contributed by atoms with Gasteiger partial charge in [-0.3, -0.25) is 4.79 Å². The van der Waals surface area contributed by atoms with Gasteiger partial charge in [0.25, 0.3) is 0 Å². The second-order valence-electron chi connectivity index (χ2n) is 8.11. The first-order valence-electron chi connectivity index (χ1n) is 9.03. The highest BCUT2D eigenvalue weighted by molar-refractivity contribution is 6.01. The lowest BCUT2D eigenvalue weighted by molar-refractivity contribution is -0.118. The fraction of sp³-hybridized carbons (Fsp3) is 0.304. The topological polar surface area (TPSA) is 52.9 Å². The average Bonchev–Trinajstić information content (AvgIpc) is 2.59. The van der Waals surface area contributed by atoms with Crippen LogP contribution in [0, 0.1) is 16.7 Å². The van der Waals surface area contributed by atoms with Crippen molar-refractivity contribution in [2.75, 3.05) is 0 Å². The zero-order chi connectivity index (χ0) is 18.5. The van der Waals surface area contributed by atoms with Crippen molar-refractivity contribution in [1.29, 1.82) is 5.26 Å². The molecule has 1 atom stereocenters. The van der Waals surface area contributed by atoms with Crippen molar-refractivity contribution in [2.24, 2.45) is 5.41 Å². The summed E-state index contributed by atoms with van der Waals surface area (Å²) in [7, 11) is 0. The minimum Gasteiger partial charge on any atom is -0.361 e. The van der Waals surface area contributed by atoms with Crippen molar-refractivity contribution in [3.63, 3.8) is 0 Å². The molecule has 1 heterocycles. The Labute approximate surface area is 154 Å². The highest BCUT2D eigenvalue weighted by Gasteiger charge is 2.41. The number of rotatable bonds is 1. The smallest absolute Gasteiger partial charge is 0.162 e. The van der Waals surface area contributed by atoms with E-state index in [0.717, 1.165) is 39.7 Å². The number of nitriles is 1. The number of Topliss-reactive ketones (excluding diaryl/α,β-unsaturated/α-hetero) is 1. The van der Waals surface area contributed by atoms with E-state index in [0.29, 0.717) is 12.0 Å². The predicted molar refractivity (Wildman–Crippen MR) is 103 cm³/mol. The van der Waals surface area contributed by atoms with Gasteiger partial charge in [0.1, 0.15) is 0 Å². The van der Waals surface area contributed by atoms with E-state index in [4.69, 9.17) is 0 Å². The van der Waals surface area contributed by atoms with E-state index in [9.17, 15) is 10.1 Å². The van der Waals surface area contributed by atoms with Gasteiger partial charge in [0, 0.05) is 23.4 Å². The summed E-state index contributed by atoms with van der Waals surface area (Å²) in [6.45, 7) is 6.19. The minimum absolute atomic E-state index is 0.0589. The van der Waals surface area contributed by atoms with E-state index in [1.165, 1.54) is 0 Å². The van der Waals surface area contributed by atoms with Crippen LogP contribution in [-0.2, 0) is 4.79 Å². The third-order valence-electron chi connectivity index (χ3n) is 5.49. The molecule has 0 aromatic heterocycles. The molecule has 0 unspecified atom stereocenters. The summed E-state index contributed by atoms with van der Waals surface area (Å²) in [5.41, 5.74) is 4.25. The van der Waals surface area contributed by atoms with Crippen molar-refractivity contribution in [3.8, 4) is 6.07 Å². The van der Waals surface area contributed by atoms with Crippen LogP contribution in [0.5, 0.6) is 0 Å². The molecule has 1 aliphatic heterocycles. The minimum atomic E-state index is -0.286. The number of allylic oxidation sites excluding steroid dienone is 4. The Balaban J connectivity index is 1.99. The van der Waals surface area contributed by atoms with Gasteiger partial charge in [-0.1, -0.05) is 56.3 Å². The Morgan fingerprint density at radius 1 is 1.12 bits per heavy atom. The van der Waals surface area contributed by atoms with Gasteiger partial charge >= 0.3 is 0 Å². The Morgan fingerprint density at radius 3 is 2.62 bits per heavy atom. The van der Waals surface area contributed by atoms with Crippen LogP contribution < -0.4 is 5.32 Å². The van der Waals surface area contributed by atoms with Gasteiger partial charge in [0.15, 0.2) is 5.78 Å². The fourth-order valence-corrected chi connectivity index (χ4v) is 4.40. The highest BCUT2D eigenvalue weighted by atomic mass is 16.1. The van der Waals surface area contributed by atoms with Gasteiger partial charge in [-0.2, -0.15) is 5.26 Å². The van der Waals surface area contributed by atoms with Crippen molar-refractivity contribution in [3.05, 3.63) is 70.6 Å². The van der Waals surface area contributed by atoms with E-state index < -0.39 is 0 Å². The SMILES string of the molecule is CC1=C(C#N)[C@@H](c2cccc3ccccc23)C2=C(CC(C)(C)CC2=O)N1. The van der Waals surface area contributed by atoms with Gasteiger partial charge in [0.05, 0.1) is 17.6 Å². The molecule has 2 aliphatic rings. The van der Waals surface area contributed by atoms with Crippen molar-refractivity contribution in [1.82, 2.24) is 5.32 Å². The molecule has 3 nitrogen and oxygen atoms in total. The molecule has 130 valence electrons. The van der Waals surface area contributed by atoms with Crippen LogP contribution in [0.2, 0.25) is 0 Å². The number of carbonyl (C=O) groups excluding carboxylic acids is 1. The standard InChI is InChI=1S/C23H22N2O/c1-14-18(13-24)21(17-10-6-8-15-7-4-5-9-16(15)17)22-19(25-14)11-23(2,3)12-20(22)26/h4-10,21,25H,11-12H2,1-3H3/t21-/m1/s1. The molecular weight excluding hydrogens is 320 g/mol. The quantitative estimate of drug-likeness (QED) is 0.796. The van der Waals surface area contributed by atoms with Gasteiger partial charge < -0.3 is 5.32 Å². The largest absolute Gasteiger partial charge is 0.361 e. The van der Waals surface area contributed by atoms with Crippen molar-refractivity contribution >= 4 is 16.6 Å². The van der Waals surface area contributed by atoms with Crippen LogP contribution >= 0.6 is 0 Å². The molecule has 0 radical (unpaired) electrons. The normalized spacial score (nSPS) is 22.1. The number of nitrogens with one attached hydrogen (secondary N) is 1.